The molecule has 0 saturated carbocycles. The van der Waals surface area contributed by atoms with Crippen molar-refractivity contribution >= 4 is 5.91 Å². The summed E-state index contributed by atoms with van der Waals surface area (Å²) in [5.74, 6) is 1.35. The Morgan fingerprint density at radius 2 is 2.07 bits per heavy atom. The van der Waals surface area contributed by atoms with Crippen LogP contribution in [0.1, 0.15) is 31.2 Å². The van der Waals surface area contributed by atoms with E-state index in [0.29, 0.717) is 30.9 Å². The first-order valence-corrected chi connectivity index (χ1v) is 9.27. The van der Waals surface area contributed by atoms with E-state index in [2.05, 4.69) is 0 Å². The third-order valence-corrected chi connectivity index (χ3v) is 4.81. The van der Waals surface area contributed by atoms with Crippen molar-refractivity contribution in [1.29, 1.82) is 0 Å². The van der Waals surface area contributed by atoms with E-state index >= 15 is 0 Å². The SMILES string of the molecule is CCO[C@@H]1OC(C(=O)N(C)C)=C[C@H](c2ccc3c(c2)OCO3)[C@@H]1CCCO. The minimum atomic E-state index is -0.555. The highest BCUT2D eigenvalue weighted by molar-refractivity contribution is 5.91. The van der Waals surface area contributed by atoms with E-state index in [0.717, 1.165) is 5.56 Å². The molecule has 7 nitrogen and oxygen atoms in total. The van der Waals surface area contributed by atoms with Gasteiger partial charge in [-0.3, -0.25) is 4.79 Å². The molecule has 0 saturated heterocycles. The molecule has 7 heteroatoms. The number of benzene rings is 1. The number of fused-ring (bicyclic) bond motifs is 1. The van der Waals surface area contributed by atoms with Crippen LogP contribution in [-0.4, -0.2) is 56.3 Å². The van der Waals surface area contributed by atoms with E-state index in [1.807, 2.05) is 31.2 Å². The zero-order valence-corrected chi connectivity index (χ0v) is 16.0. The van der Waals surface area contributed by atoms with E-state index in [9.17, 15) is 9.90 Å². The zero-order chi connectivity index (χ0) is 19.4. The summed E-state index contributed by atoms with van der Waals surface area (Å²) in [5, 5.41) is 9.32. The van der Waals surface area contributed by atoms with Crippen molar-refractivity contribution in [1.82, 2.24) is 4.90 Å². The van der Waals surface area contributed by atoms with Gasteiger partial charge >= 0.3 is 0 Å². The molecule has 3 rings (SSSR count). The van der Waals surface area contributed by atoms with Crippen LogP contribution in [0.3, 0.4) is 0 Å². The number of carbonyl (C=O) groups excluding carboxylic acids is 1. The Kier molecular flexibility index (Phi) is 6.23. The Hall–Kier alpha value is -2.25. The number of carbonyl (C=O) groups is 1. The van der Waals surface area contributed by atoms with Gasteiger partial charge in [0, 0.05) is 39.1 Å². The van der Waals surface area contributed by atoms with Gasteiger partial charge in [-0.15, -0.1) is 0 Å². The minimum absolute atomic E-state index is 0.0313. The summed E-state index contributed by atoms with van der Waals surface area (Å²) >= 11 is 0. The van der Waals surface area contributed by atoms with Crippen LogP contribution in [0.2, 0.25) is 0 Å². The third-order valence-electron chi connectivity index (χ3n) is 4.81. The predicted octanol–water partition coefficient (Wildman–Crippen LogP) is 2.25. The molecule has 0 fully saturated rings. The lowest BCUT2D eigenvalue weighted by molar-refractivity contribution is -0.169. The standard InChI is InChI=1S/C20H27NO6/c1-4-24-20-14(6-5-9-22)15(11-18(27-20)19(23)21(2)3)13-7-8-16-17(10-13)26-12-25-16/h7-8,10-11,14-15,20,22H,4-6,9,12H2,1-3H3/t14-,15+,20+/m0/s1. The molecule has 2 heterocycles. The molecule has 1 N–H and O–H groups in total. The molecule has 0 spiro atoms. The van der Waals surface area contributed by atoms with Crippen LogP contribution in [0.15, 0.2) is 30.0 Å². The maximum Gasteiger partial charge on any atom is 0.288 e. The smallest absolute Gasteiger partial charge is 0.288 e. The van der Waals surface area contributed by atoms with Gasteiger partial charge in [0.15, 0.2) is 17.3 Å². The largest absolute Gasteiger partial charge is 0.459 e. The van der Waals surface area contributed by atoms with Gasteiger partial charge in [-0.25, -0.2) is 0 Å². The van der Waals surface area contributed by atoms with Crippen molar-refractivity contribution in [2.45, 2.75) is 32.0 Å². The van der Waals surface area contributed by atoms with Crippen molar-refractivity contribution in [3.05, 3.63) is 35.6 Å². The quantitative estimate of drug-likeness (QED) is 0.785. The lowest BCUT2D eigenvalue weighted by atomic mass is 9.80. The summed E-state index contributed by atoms with van der Waals surface area (Å²) in [5.41, 5.74) is 0.999. The van der Waals surface area contributed by atoms with Crippen molar-refractivity contribution in [2.75, 3.05) is 34.1 Å². The van der Waals surface area contributed by atoms with Gasteiger partial charge < -0.3 is 29.0 Å². The summed E-state index contributed by atoms with van der Waals surface area (Å²) in [4.78, 5) is 14.0. The number of rotatable bonds is 7. The first kappa shape index (κ1) is 19.5. The van der Waals surface area contributed by atoms with Gasteiger partial charge in [-0.05, 0) is 43.5 Å². The summed E-state index contributed by atoms with van der Waals surface area (Å²) in [6, 6.07) is 5.81. The summed E-state index contributed by atoms with van der Waals surface area (Å²) < 4.78 is 22.7. The molecule has 1 amide bonds. The number of hydrogen-bond acceptors (Lipinski definition) is 6. The van der Waals surface area contributed by atoms with Gasteiger partial charge in [-0.2, -0.15) is 0 Å². The second kappa shape index (κ2) is 8.63. The molecule has 148 valence electrons. The Balaban J connectivity index is 1.99. The third kappa shape index (κ3) is 4.20. The van der Waals surface area contributed by atoms with E-state index < -0.39 is 6.29 Å². The molecule has 0 unspecified atom stereocenters. The Bertz CT molecular complexity index is 702. The van der Waals surface area contributed by atoms with Crippen molar-refractivity contribution in [2.24, 2.45) is 5.92 Å². The van der Waals surface area contributed by atoms with E-state index in [4.69, 9.17) is 18.9 Å². The molecule has 0 aliphatic carbocycles. The van der Waals surface area contributed by atoms with Gasteiger partial charge in [0.1, 0.15) is 0 Å². The number of aliphatic hydroxyl groups excluding tert-OH is 1. The molecule has 2 aliphatic heterocycles. The normalized spacial score (nSPS) is 23.6. The summed E-state index contributed by atoms with van der Waals surface area (Å²) in [7, 11) is 3.38. The van der Waals surface area contributed by atoms with Crippen molar-refractivity contribution in [3.63, 3.8) is 0 Å². The second-order valence-corrected chi connectivity index (χ2v) is 6.84. The molecular weight excluding hydrogens is 350 g/mol. The van der Waals surface area contributed by atoms with Crippen LogP contribution < -0.4 is 9.47 Å². The van der Waals surface area contributed by atoms with Crippen LogP contribution in [0.25, 0.3) is 0 Å². The van der Waals surface area contributed by atoms with Crippen molar-refractivity contribution in [3.8, 4) is 11.5 Å². The van der Waals surface area contributed by atoms with Gasteiger partial charge in [0.25, 0.3) is 5.91 Å². The lowest BCUT2D eigenvalue weighted by Crippen LogP contribution is -2.38. The second-order valence-electron chi connectivity index (χ2n) is 6.84. The van der Waals surface area contributed by atoms with E-state index in [1.54, 1.807) is 14.1 Å². The molecule has 3 atom stereocenters. The number of nitrogens with zero attached hydrogens (tertiary/aromatic N) is 1. The maximum absolute atomic E-state index is 12.5. The molecule has 0 aromatic heterocycles. The zero-order valence-electron chi connectivity index (χ0n) is 16.0. The van der Waals surface area contributed by atoms with Gasteiger partial charge in [0.05, 0.1) is 0 Å². The van der Waals surface area contributed by atoms with Gasteiger partial charge in [0.2, 0.25) is 13.1 Å². The van der Waals surface area contributed by atoms with Crippen LogP contribution >= 0.6 is 0 Å². The highest BCUT2D eigenvalue weighted by atomic mass is 16.7. The number of allylic oxidation sites excluding steroid dienone is 1. The van der Waals surface area contributed by atoms with E-state index in [-0.39, 0.29) is 36.9 Å². The average Bonchev–Trinajstić information content (AvgIpc) is 3.13. The fraction of sp³-hybridized carbons (Fsp3) is 0.550. The molecular formula is C20H27NO6. The van der Waals surface area contributed by atoms with Crippen molar-refractivity contribution < 1.29 is 28.8 Å². The van der Waals surface area contributed by atoms with Crippen LogP contribution in [0.4, 0.5) is 0 Å². The number of amides is 1. The first-order chi connectivity index (χ1) is 13.0. The molecule has 0 radical (unpaired) electrons. The van der Waals surface area contributed by atoms with Gasteiger partial charge in [-0.1, -0.05) is 6.07 Å². The van der Waals surface area contributed by atoms with Crippen LogP contribution in [-0.2, 0) is 14.3 Å². The highest BCUT2D eigenvalue weighted by Crippen LogP contribution is 2.42. The average molecular weight is 377 g/mol. The maximum atomic E-state index is 12.5. The highest BCUT2D eigenvalue weighted by Gasteiger charge is 2.38. The molecule has 2 aliphatic rings. The number of hydrogen-bond donors (Lipinski definition) is 1. The van der Waals surface area contributed by atoms with Crippen LogP contribution in [0.5, 0.6) is 11.5 Å². The molecule has 1 aromatic rings. The number of ether oxygens (including phenoxy) is 4. The fourth-order valence-corrected chi connectivity index (χ4v) is 3.48. The Morgan fingerprint density at radius 3 is 2.78 bits per heavy atom. The Labute approximate surface area is 159 Å². The topological polar surface area (TPSA) is 77.5 Å². The van der Waals surface area contributed by atoms with E-state index in [1.165, 1.54) is 4.90 Å². The summed E-state index contributed by atoms with van der Waals surface area (Å²) in [6.45, 7) is 2.67. The monoisotopic (exact) mass is 377 g/mol. The Morgan fingerprint density at radius 1 is 1.30 bits per heavy atom. The predicted molar refractivity (Wildman–Crippen MR) is 98.4 cm³/mol. The fourth-order valence-electron chi connectivity index (χ4n) is 3.48. The molecule has 27 heavy (non-hydrogen) atoms. The first-order valence-electron chi connectivity index (χ1n) is 9.27. The lowest BCUT2D eigenvalue weighted by Gasteiger charge is -2.37. The summed E-state index contributed by atoms with van der Waals surface area (Å²) in [6.07, 6.45) is 2.64. The number of aliphatic hydroxyl groups is 1. The number of likely N-dealkylation sites (N-methyl/N-ethyl adjacent to an activating group) is 1. The molecule has 0 bridgehead atoms. The van der Waals surface area contributed by atoms with Crippen LogP contribution in [0, 0.1) is 5.92 Å². The molecule has 1 aromatic carbocycles. The minimum Gasteiger partial charge on any atom is -0.459 e.